The van der Waals surface area contributed by atoms with Gasteiger partial charge in [0.1, 0.15) is 0 Å². The highest BCUT2D eigenvalue weighted by Gasteiger charge is 2.34. The van der Waals surface area contributed by atoms with Crippen LogP contribution in [0.15, 0.2) is 0 Å². The molecule has 0 aromatic carbocycles. The summed E-state index contributed by atoms with van der Waals surface area (Å²) in [6.07, 6.45) is 3.93. The van der Waals surface area contributed by atoms with Crippen molar-refractivity contribution in [3.8, 4) is 0 Å². The Kier molecular flexibility index (Phi) is 4.80. The number of carboxylic acids is 1. The molecule has 1 aliphatic carbocycles. The number of hydrogen-bond donors (Lipinski definition) is 1. The normalized spacial score (nSPS) is 32.1. The quantitative estimate of drug-likeness (QED) is 0.843. The number of carbonyl (C=O) groups excluding carboxylic acids is 1. The molecule has 0 radical (unpaired) electrons. The van der Waals surface area contributed by atoms with Gasteiger partial charge >= 0.3 is 5.97 Å². The standard InChI is InChI=1S/C14H23NO4/c1-2-12-9-15(6-7-19-12)13(16)10-4-3-5-11(8-10)14(17)18/h10-12H,2-9H2,1H3,(H,17,18)/t10-,11+,12-/m1/s1. The monoisotopic (exact) mass is 269 g/mol. The van der Waals surface area contributed by atoms with Crippen LogP contribution in [-0.4, -0.2) is 47.7 Å². The number of carboxylic acid groups (broad SMARTS) is 1. The molecular weight excluding hydrogens is 246 g/mol. The zero-order valence-electron chi connectivity index (χ0n) is 11.5. The second kappa shape index (κ2) is 6.37. The third-order valence-electron chi connectivity index (χ3n) is 4.28. The van der Waals surface area contributed by atoms with Gasteiger partial charge in [-0.1, -0.05) is 13.3 Å². The molecule has 0 bridgehead atoms. The number of hydrogen-bond acceptors (Lipinski definition) is 3. The molecule has 5 nitrogen and oxygen atoms in total. The number of nitrogens with zero attached hydrogens (tertiary/aromatic N) is 1. The molecule has 108 valence electrons. The Morgan fingerprint density at radius 3 is 2.74 bits per heavy atom. The Balaban J connectivity index is 1.93. The van der Waals surface area contributed by atoms with Crippen LogP contribution in [-0.2, 0) is 14.3 Å². The molecule has 0 unspecified atom stereocenters. The van der Waals surface area contributed by atoms with E-state index in [1.54, 1.807) is 0 Å². The van der Waals surface area contributed by atoms with Crippen LogP contribution in [0.5, 0.6) is 0 Å². The third-order valence-corrected chi connectivity index (χ3v) is 4.28. The summed E-state index contributed by atoms with van der Waals surface area (Å²) < 4.78 is 5.57. The summed E-state index contributed by atoms with van der Waals surface area (Å²) in [4.78, 5) is 25.4. The van der Waals surface area contributed by atoms with Gasteiger partial charge in [0, 0.05) is 19.0 Å². The van der Waals surface area contributed by atoms with E-state index >= 15 is 0 Å². The molecule has 1 heterocycles. The molecule has 1 saturated heterocycles. The van der Waals surface area contributed by atoms with Crippen molar-refractivity contribution < 1.29 is 19.4 Å². The van der Waals surface area contributed by atoms with Crippen LogP contribution < -0.4 is 0 Å². The minimum atomic E-state index is -0.758. The maximum atomic E-state index is 12.5. The molecule has 2 rings (SSSR count). The van der Waals surface area contributed by atoms with Crippen LogP contribution in [0.1, 0.15) is 39.0 Å². The van der Waals surface area contributed by atoms with E-state index in [1.807, 2.05) is 4.90 Å². The van der Waals surface area contributed by atoms with Crippen molar-refractivity contribution in [2.45, 2.75) is 45.1 Å². The van der Waals surface area contributed by atoms with Crippen LogP contribution in [0.4, 0.5) is 0 Å². The maximum Gasteiger partial charge on any atom is 0.306 e. The Hall–Kier alpha value is -1.10. The van der Waals surface area contributed by atoms with Gasteiger partial charge in [-0.2, -0.15) is 0 Å². The Morgan fingerprint density at radius 1 is 1.32 bits per heavy atom. The fourth-order valence-corrected chi connectivity index (χ4v) is 3.06. The number of rotatable bonds is 3. The van der Waals surface area contributed by atoms with Gasteiger partial charge in [-0.05, 0) is 25.7 Å². The molecule has 2 fully saturated rings. The first kappa shape index (κ1) is 14.3. The van der Waals surface area contributed by atoms with E-state index in [1.165, 1.54) is 0 Å². The Morgan fingerprint density at radius 2 is 2.05 bits per heavy atom. The summed E-state index contributed by atoms with van der Waals surface area (Å²) in [5, 5.41) is 9.08. The first-order valence-corrected chi connectivity index (χ1v) is 7.25. The van der Waals surface area contributed by atoms with Crippen molar-refractivity contribution in [3.63, 3.8) is 0 Å². The molecule has 19 heavy (non-hydrogen) atoms. The fourth-order valence-electron chi connectivity index (χ4n) is 3.06. The van der Waals surface area contributed by atoms with Crippen LogP contribution in [0.2, 0.25) is 0 Å². The molecule has 1 N–H and O–H groups in total. The van der Waals surface area contributed by atoms with E-state index < -0.39 is 5.97 Å². The lowest BCUT2D eigenvalue weighted by molar-refractivity contribution is -0.148. The molecule has 0 aromatic heterocycles. The van der Waals surface area contributed by atoms with Crippen molar-refractivity contribution in [1.29, 1.82) is 0 Å². The molecule has 0 spiro atoms. The van der Waals surface area contributed by atoms with Crippen molar-refractivity contribution in [3.05, 3.63) is 0 Å². The summed E-state index contributed by atoms with van der Waals surface area (Å²) in [6, 6.07) is 0. The van der Waals surface area contributed by atoms with E-state index in [0.29, 0.717) is 32.5 Å². The van der Waals surface area contributed by atoms with Crippen LogP contribution in [0, 0.1) is 11.8 Å². The van der Waals surface area contributed by atoms with Gasteiger partial charge in [0.25, 0.3) is 0 Å². The van der Waals surface area contributed by atoms with Crippen LogP contribution >= 0.6 is 0 Å². The number of aliphatic carboxylic acids is 1. The van der Waals surface area contributed by atoms with Gasteiger partial charge in [-0.25, -0.2) is 0 Å². The highest BCUT2D eigenvalue weighted by molar-refractivity contribution is 5.80. The minimum absolute atomic E-state index is 0.106. The molecule has 0 aromatic rings. The Bertz CT molecular complexity index is 344. The van der Waals surface area contributed by atoms with E-state index in [2.05, 4.69) is 6.92 Å². The minimum Gasteiger partial charge on any atom is -0.481 e. The highest BCUT2D eigenvalue weighted by atomic mass is 16.5. The second-order valence-electron chi connectivity index (χ2n) is 5.58. The van der Waals surface area contributed by atoms with Crippen molar-refractivity contribution in [2.75, 3.05) is 19.7 Å². The molecular formula is C14H23NO4. The first-order valence-electron chi connectivity index (χ1n) is 7.25. The van der Waals surface area contributed by atoms with E-state index in [4.69, 9.17) is 9.84 Å². The first-order chi connectivity index (χ1) is 9.11. The van der Waals surface area contributed by atoms with Gasteiger partial charge in [0.2, 0.25) is 5.91 Å². The maximum absolute atomic E-state index is 12.5. The summed E-state index contributed by atoms with van der Waals surface area (Å²) in [6.45, 7) is 3.95. The summed E-state index contributed by atoms with van der Waals surface area (Å²) >= 11 is 0. The topological polar surface area (TPSA) is 66.8 Å². The predicted octanol–water partition coefficient (Wildman–Crippen LogP) is 1.51. The van der Waals surface area contributed by atoms with Crippen LogP contribution in [0.3, 0.4) is 0 Å². The molecule has 2 aliphatic rings. The second-order valence-corrected chi connectivity index (χ2v) is 5.58. The molecule has 1 saturated carbocycles. The van der Waals surface area contributed by atoms with Gasteiger partial charge < -0.3 is 14.7 Å². The van der Waals surface area contributed by atoms with E-state index in [0.717, 1.165) is 19.3 Å². The van der Waals surface area contributed by atoms with E-state index in [-0.39, 0.29) is 23.8 Å². The summed E-state index contributed by atoms with van der Waals surface area (Å²) in [7, 11) is 0. The predicted molar refractivity (Wildman–Crippen MR) is 69.7 cm³/mol. The average Bonchev–Trinajstić information content (AvgIpc) is 2.46. The van der Waals surface area contributed by atoms with Crippen LogP contribution in [0.25, 0.3) is 0 Å². The number of amides is 1. The van der Waals surface area contributed by atoms with Crippen molar-refractivity contribution in [1.82, 2.24) is 4.90 Å². The van der Waals surface area contributed by atoms with E-state index in [9.17, 15) is 9.59 Å². The molecule has 3 atom stereocenters. The van der Waals surface area contributed by atoms with Gasteiger partial charge in [-0.15, -0.1) is 0 Å². The fraction of sp³-hybridized carbons (Fsp3) is 0.857. The summed E-state index contributed by atoms with van der Waals surface area (Å²) in [5.74, 6) is -1.07. The lowest BCUT2D eigenvalue weighted by atomic mass is 9.80. The number of carbonyl (C=O) groups is 2. The SMILES string of the molecule is CC[C@@H]1CN(C(=O)[C@@H]2CCC[C@H](C(=O)O)C2)CCO1. The van der Waals surface area contributed by atoms with Gasteiger partial charge in [0.15, 0.2) is 0 Å². The third kappa shape index (κ3) is 3.47. The van der Waals surface area contributed by atoms with Gasteiger partial charge in [0.05, 0.1) is 18.6 Å². The largest absolute Gasteiger partial charge is 0.481 e. The molecule has 1 amide bonds. The number of morpholine rings is 1. The van der Waals surface area contributed by atoms with Gasteiger partial charge in [-0.3, -0.25) is 9.59 Å². The molecule has 5 heteroatoms. The molecule has 1 aliphatic heterocycles. The van der Waals surface area contributed by atoms with Crippen molar-refractivity contribution >= 4 is 11.9 Å². The zero-order valence-corrected chi connectivity index (χ0v) is 11.5. The summed E-state index contributed by atoms with van der Waals surface area (Å²) in [5.41, 5.74) is 0. The highest BCUT2D eigenvalue weighted by Crippen LogP contribution is 2.31. The van der Waals surface area contributed by atoms with Crippen molar-refractivity contribution in [2.24, 2.45) is 11.8 Å². The Labute approximate surface area is 113 Å². The smallest absolute Gasteiger partial charge is 0.306 e. The average molecular weight is 269 g/mol. The lowest BCUT2D eigenvalue weighted by Gasteiger charge is -2.36. The lowest BCUT2D eigenvalue weighted by Crippen LogP contribution is -2.48. The number of ether oxygens (including phenoxy) is 1. The zero-order chi connectivity index (χ0) is 13.8.